The van der Waals surface area contributed by atoms with Crippen molar-refractivity contribution in [2.24, 2.45) is 0 Å². The Labute approximate surface area is 92.0 Å². The van der Waals surface area contributed by atoms with Gasteiger partial charge in [0.25, 0.3) is 0 Å². The molecule has 6 nitrogen and oxygen atoms in total. The van der Waals surface area contributed by atoms with Gasteiger partial charge in [-0.15, -0.1) is 0 Å². The van der Waals surface area contributed by atoms with E-state index in [0.29, 0.717) is 17.0 Å². The Hall–Kier alpha value is -1.98. The molecule has 1 N–H and O–H groups in total. The first-order chi connectivity index (χ1) is 7.47. The standard InChI is InChI=1S/C10H12N2O4/c1-5-9(6(2)12-11-5)7(13)4-8(14)10(15)16-3/h4H2,1-3H3,(H,11,12). The van der Waals surface area contributed by atoms with Crippen LogP contribution in [0, 0.1) is 13.8 Å². The van der Waals surface area contributed by atoms with Crippen LogP contribution in [0.4, 0.5) is 0 Å². The Bertz CT molecular complexity index is 428. The lowest BCUT2D eigenvalue weighted by Gasteiger charge is -1.99. The number of hydrogen-bond acceptors (Lipinski definition) is 5. The lowest BCUT2D eigenvalue weighted by Crippen LogP contribution is -2.19. The predicted octanol–water partition coefficient (Wildman–Crippen LogP) is 0.341. The van der Waals surface area contributed by atoms with Crippen molar-refractivity contribution < 1.29 is 19.1 Å². The first-order valence-corrected chi connectivity index (χ1v) is 4.63. The SMILES string of the molecule is COC(=O)C(=O)CC(=O)c1c(C)n[nH]c1C. The molecule has 1 aromatic heterocycles. The summed E-state index contributed by atoms with van der Waals surface area (Å²) in [6.45, 7) is 3.33. The Morgan fingerprint density at radius 3 is 2.38 bits per heavy atom. The molecule has 0 atom stereocenters. The summed E-state index contributed by atoms with van der Waals surface area (Å²) in [5.74, 6) is -2.29. The van der Waals surface area contributed by atoms with Gasteiger partial charge in [-0.05, 0) is 13.8 Å². The number of carbonyl (C=O) groups excluding carboxylic acids is 3. The highest BCUT2D eigenvalue weighted by Gasteiger charge is 2.22. The van der Waals surface area contributed by atoms with E-state index in [0.717, 1.165) is 7.11 Å². The molecule has 0 radical (unpaired) electrons. The number of methoxy groups -OCH3 is 1. The van der Waals surface area contributed by atoms with Crippen LogP contribution in [0.5, 0.6) is 0 Å². The largest absolute Gasteiger partial charge is 0.463 e. The third-order valence-corrected chi connectivity index (χ3v) is 2.14. The van der Waals surface area contributed by atoms with Gasteiger partial charge in [0.15, 0.2) is 5.78 Å². The van der Waals surface area contributed by atoms with Gasteiger partial charge in [-0.3, -0.25) is 14.7 Å². The normalized spacial score (nSPS) is 9.94. The van der Waals surface area contributed by atoms with Crippen LogP contribution in [0.1, 0.15) is 28.2 Å². The van der Waals surface area contributed by atoms with Gasteiger partial charge in [0.05, 0.1) is 24.8 Å². The molecule has 0 fully saturated rings. The summed E-state index contributed by atoms with van der Waals surface area (Å²) in [6.07, 6.45) is -0.492. The number of nitrogens with zero attached hydrogens (tertiary/aromatic N) is 1. The number of nitrogens with one attached hydrogen (secondary N) is 1. The maximum atomic E-state index is 11.7. The fourth-order valence-corrected chi connectivity index (χ4v) is 1.38. The zero-order chi connectivity index (χ0) is 12.3. The number of aryl methyl sites for hydroxylation is 2. The molecule has 1 rings (SSSR count). The molecule has 0 aliphatic carbocycles. The van der Waals surface area contributed by atoms with Crippen molar-refractivity contribution in [2.75, 3.05) is 7.11 Å². The second-order valence-electron chi connectivity index (χ2n) is 3.32. The quantitative estimate of drug-likeness (QED) is 0.345. The zero-order valence-electron chi connectivity index (χ0n) is 9.29. The molecule has 16 heavy (non-hydrogen) atoms. The Morgan fingerprint density at radius 2 is 1.94 bits per heavy atom. The topological polar surface area (TPSA) is 89.1 Å². The predicted molar refractivity (Wildman–Crippen MR) is 54.0 cm³/mol. The van der Waals surface area contributed by atoms with Crippen molar-refractivity contribution in [3.63, 3.8) is 0 Å². The van der Waals surface area contributed by atoms with Crippen LogP contribution >= 0.6 is 0 Å². The first kappa shape index (κ1) is 12.1. The lowest BCUT2D eigenvalue weighted by atomic mass is 10.0. The third kappa shape index (κ3) is 2.33. The number of rotatable bonds is 4. The number of carbonyl (C=O) groups is 3. The molecule has 0 saturated carbocycles. The number of H-pyrrole nitrogens is 1. The number of hydrogen-bond donors (Lipinski definition) is 1. The molecular weight excluding hydrogens is 212 g/mol. The van der Waals surface area contributed by atoms with E-state index < -0.39 is 24.0 Å². The fourth-order valence-electron chi connectivity index (χ4n) is 1.38. The minimum atomic E-state index is -1.01. The van der Waals surface area contributed by atoms with Gasteiger partial charge in [0.2, 0.25) is 5.78 Å². The molecule has 86 valence electrons. The molecule has 0 aromatic carbocycles. The summed E-state index contributed by atoms with van der Waals surface area (Å²) < 4.78 is 4.23. The number of aromatic nitrogens is 2. The lowest BCUT2D eigenvalue weighted by molar-refractivity contribution is -0.151. The number of ketones is 2. The van der Waals surface area contributed by atoms with Gasteiger partial charge in [-0.1, -0.05) is 0 Å². The van der Waals surface area contributed by atoms with Crippen LogP contribution in [0.25, 0.3) is 0 Å². The first-order valence-electron chi connectivity index (χ1n) is 4.63. The van der Waals surface area contributed by atoms with Gasteiger partial charge in [0.1, 0.15) is 0 Å². The van der Waals surface area contributed by atoms with Crippen LogP contribution in [0.3, 0.4) is 0 Å². The number of aromatic amines is 1. The molecule has 0 amide bonds. The maximum Gasteiger partial charge on any atom is 0.374 e. The summed E-state index contributed by atoms with van der Waals surface area (Å²) in [7, 11) is 1.10. The average Bonchev–Trinajstić information content (AvgIpc) is 2.57. The Morgan fingerprint density at radius 1 is 1.31 bits per heavy atom. The second-order valence-corrected chi connectivity index (χ2v) is 3.32. The Balaban J connectivity index is 2.81. The van der Waals surface area contributed by atoms with Crippen molar-refractivity contribution in [2.45, 2.75) is 20.3 Å². The highest BCUT2D eigenvalue weighted by atomic mass is 16.5. The summed E-state index contributed by atoms with van der Waals surface area (Å²) in [6, 6.07) is 0. The van der Waals surface area contributed by atoms with Gasteiger partial charge in [0, 0.05) is 5.69 Å². The molecule has 0 aliphatic heterocycles. The fraction of sp³-hybridized carbons (Fsp3) is 0.400. The minimum Gasteiger partial charge on any atom is -0.463 e. The highest BCUT2D eigenvalue weighted by Crippen LogP contribution is 2.12. The molecule has 0 spiro atoms. The van der Waals surface area contributed by atoms with Crippen LogP contribution in [-0.2, 0) is 14.3 Å². The minimum absolute atomic E-state index is 0.359. The zero-order valence-corrected chi connectivity index (χ0v) is 9.29. The van der Waals surface area contributed by atoms with E-state index >= 15 is 0 Å². The molecule has 1 heterocycles. The van der Waals surface area contributed by atoms with Gasteiger partial charge < -0.3 is 4.74 Å². The van der Waals surface area contributed by atoms with E-state index in [1.807, 2.05) is 0 Å². The summed E-state index contributed by atoms with van der Waals surface area (Å²) in [4.78, 5) is 33.7. The molecule has 0 unspecified atom stereocenters. The van der Waals surface area contributed by atoms with Crippen molar-refractivity contribution in [1.82, 2.24) is 10.2 Å². The third-order valence-electron chi connectivity index (χ3n) is 2.14. The van der Waals surface area contributed by atoms with Crippen LogP contribution in [0.15, 0.2) is 0 Å². The van der Waals surface area contributed by atoms with Crippen molar-refractivity contribution >= 4 is 17.5 Å². The second kappa shape index (κ2) is 4.69. The van der Waals surface area contributed by atoms with E-state index in [4.69, 9.17) is 0 Å². The summed E-state index contributed by atoms with van der Waals surface area (Å²) >= 11 is 0. The maximum absolute atomic E-state index is 11.7. The smallest absolute Gasteiger partial charge is 0.374 e. The molecule has 0 aliphatic rings. The molecule has 0 saturated heterocycles. The number of Topliss-reactive ketones (excluding diaryl/α,β-unsaturated/α-hetero) is 2. The average molecular weight is 224 g/mol. The van der Waals surface area contributed by atoms with E-state index in [1.54, 1.807) is 13.8 Å². The number of esters is 1. The van der Waals surface area contributed by atoms with Gasteiger partial charge in [-0.25, -0.2) is 4.79 Å². The van der Waals surface area contributed by atoms with Gasteiger partial charge >= 0.3 is 5.97 Å². The van der Waals surface area contributed by atoms with E-state index in [1.165, 1.54) is 0 Å². The van der Waals surface area contributed by atoms with E-state index in [-0.39, 0.29) is 0 Å². The molecular formula is C10H12N2O4. The number of ether oxygens (including phenoxy) is 1. The van der Waals surface area contributed by atoms with E-state index in [9.17, 15) is 14.4 Å². The monoisotopic (exact) mass is 224 g/mol. The Kier molecular flexibility index (Phi) is 3.55. The van der Waals surface area contributed by atoms with E-state index in [2.05, 4.69) is 14.9 Å². The molecule has 0 bridgehead atoms. The van der Waals surface area contributed by atoms with Crippen LogP contribution in [-0.4, -0.2) is 34.8 Å². The van der Waals surface area contributed by atoms with Crippen LogP contribution in [0.2, 0.25) is 0 Å². The van der Waals surface area contributed by atoms with Crippen molar-refractivity contribution in [3.8, 4) is 0 Å². The van der Waals surface area contributed by atoms with Gasteiger partial charge in [-0.2, -0.15) is 5.10 Å². The highest BCUT2D eigenvalue weighted by molar-refractivity contribution is 6.38. The van der Waals surface area contributed by atoms with Crippen molar-refractivity contribution in [3.05, 3.63) is 17.0 Å². The summed E-state index contributed by atoms with van der Waals surface area (Å²) in [5, 5.41) is 6.47. The van der Waals surface area contributed by atoms with Crippen LogP contribution < -0.4 is 0 Å². The van der Waals surface area contributed by atoms with Crippen molar-refractivity contribution in [1.29, 1.82) is 0 Å². The molecule has 1 aromatic rings. The summed E-state index contributed by atoms with van der Waals surface area (Å²) in [5.41, 5.74) is 1.46. The molecule has 6 heteroatoms.